The van der Waals surface area contributed by atoms with Crippen molar-refractivity contribution >= 4 is 11.6 Å². The van der Waals surface area contributed by atoms with Gasteiger partial charge in [0.15, 0.2) is 0 Å². The summed E-state index contributed by atoms with van der Waals surface area (Å²) in [6.07, 6.45) is 0.525. The van der Waals surface area contributed by atoms with E-state index < -0.39 is 16.2 Å². The lowest BCUT2D eigenvalue weighted by molar-refractivity contribution is -0.183. The van der Waals surface area contributed by atoms with Crippen LogP contribution >= 0.6 is 0 Å². The molecular weight excluding hydrogens is 348 g/mol. The van der Waals surface area contributed by atoms with Crippen molar-refractivity contribution < 1.29 is 14.3 Å². The molecule has 2 aromatic rings. The molecule has 5 rings (SSSR count). The molecule has 0 radical (unpaired) electrons. The van der Waals surface area contributed by atoms with Gasteiger partial charge in [0.1, 0.15) is 11.6 Å². The minimum atomic E-state index is -0.716. The number of fused-ring (bicyclic) bond motifs is 2. The Balaban J connectivity index is 1.72. The molecule has 3 fully saturated rings. The largest absolute Gasteiger partial charge is 0.378 e. The minimum Gasteiger partial charge on any atom is -0.378 e. The Bertz CT molecular complexity index is 911. The summed E-state index contributed by atoms with van der Waals surface area (Å²) in [5.74, 6) is -0.183. The highest BCUT2D eigenvalue weighted by atomic mass is 16.5. The molecule has 3 saturated carbocycles. The summed E-state index contributed by atoms with van der Waals surface area (Å²) >= 11 is 0. The number of Topliss-reactive ketones (excluding diaryl/α,β-unsaturated/α-hetero) is 2. The quantitative estimate of drug-likeness (QED) is 0.806. The van der Waals surface area contributed by atoms with Crippen LogP contribution in [-0.4, -0.2) is 24.3 Å². The number of rotatable bonds is 4. The van der Waals surface area contributed by atoms with E-state index >= 15 is 0 Å². The van der Waals surface area contributed by atoms with Crippen LogP contribution in [0.25, 0.3) is 0 Å². The van der Waals surface area contributed by atoms with E-state index in [0.717, 1.165) is 11.1 Å². The van der Waals surface area contributed by atoms with E-state index in [4.69, 9.17) is 4.74 Å². The molecule has 0 spiro atoms. The van der Waals surface area contributed by atoms with Gasteiger partial charge in [0.25, 0.3) is 0 Å². The van der Waals surface area contributed by atoms with E-state index in [1.165, 1.54) is 0 Å². The Morgan fingerprint density at radius 3 is 1.93 bits per heavy atom. The molecule has 0 unspecified atom stereocenters. The maximum Gasteiger partial charge on any atom is 0.147 e. The van der Waals surface area contributed by atoms with Gasteiger partial charge in [0.05, 0.1) is 17.4 Å². The zero-order valence-electron chi connectivity index (χ0n) is 16.6. The molecule has 3 aliphatic carbocycles. The Morgan fingerprint density at radius 1 is 0.893 bits per heavy atom. The molecule has 2 aromatic carbocycles. The predicted molar refractivity (Wildman–Crippen MR) is 107 cm³/mol. The van der Waals surface area contributed by atoms with Crippen molar-refractivity contribution in [2.75, 3.05) is 6.61 Å². The first-order chi connectivity index (χ1) is 13.4. The van der Waals surface area contributed by atoms with Crippen LogP contribution in [0.3, 0.4) is 0 Å². The van der Waals surface area contributed by atoms with E-state index in [1.54, 1.807) is 0 Å². The second kappa shape index (κ2) is 5.64. The Hall–Kier alpha value is -2.26. The van der Waals surface area contributed by atoms with Crippen LogP contribution in [0.1, 0.15) is 38.3 Å². The molecule has 0 amide bonds. The number of ether oxygens (including phenoxy) is 1. The summed E-state index contributed by atoms with van der Waals surface area (Å²) < 4.78 is 5.85. The molecule has 0 heterocycles. The molecule has 0 aliphatic heterocycles. The normalized spacial score (nSPS) is 37.6. The van der Waals surface area contributed by atoms with Gasteiger partial charge in [-0.1, -0.05) is 74.5 Å². The molecule has 0 aromatic heterocycles. The van der Waals surface area contributed by atoms with Gasteiger partial charge < -0.3 is 4.74 Å². The number of carbonyl (C=O) groups is 2. The fourth-order valence-electron chi connectivity index (χ4n) is 6.56. The van der Waals surface area contributed by atoms with E-state index in [0.29, 0.717) is 13.0 Å². The smallest absolute Gasteiger partial charge is 0.147 e. The highest BCUT2D eigenvalue weighted by Gasteiger charge is 2.88. The van der Waals surface area contributed by atoms with Crippen molar-refractivity contribution in [3.63, 3.8) is 0 Å². The van der Waals surface area contributed by atoms with Crippen molar-refractivity contribution in [2.45, 2.75) is 38.7 Å². The first-order valence-electron chi connectivity index (χ1n) is 10.2. The Morgan fingerprint density at radius 2 is 1.43 bits per heavy atom. The van der Waals surface area contributed by atoms with Crippen molar-refractivity contribution in [1.82, 2.24) is 0 Å². The minimum absolute atomic E-state index is 0.130. The van der Waals surface area contributed by atoms with Crippen molar-refractivity contribution in [3.05, 3.63) is 71.8 Å². The summed E-state index contributed by atoms with van der Waals surface area (Å²) in [4.78, 5) is 27.7. The molecule has 0 bridgehead atoms. The molecule has 3 nitrogen and oxygen atoms in total. The van der Waals surface area contributed by atoms with Crippen LogP contribution in [-0.2, 0) is 19.7 Å². The topological polar surface area (TPSA) is 43.4 Å². The van der Waals surface area contributed by atoms with Gasteiger partial charge in [0, 0.05) is 23.4 Å². The summed E-state index contributed by atoms with van der Waals surface area (Å²) in [5, 5.41) is 0. The molecule has 28 heavy (non-hydrogen) atoms. The maximum atomic E-state index is 13.9. The molecule has 5 atom stereocenters. The number of hydrogen-bond acceptors (Lipinski definition) is 3. The average molecular weight is 374 g/mol. The lowest BCUT2D eigenvalue weighted by Crippen LogP contribution is -2.63. The van der Waals surface area contributed by atoms with Gasteiger partial charge in [-0.2, -0.15) is 0 Å². The zero-order chi connectivity index (χ0) is 19.7. The Labute approximate surface area is 166 Å². The first kappa shape index (κ1) is 17.8. The number of hydrogen-bond donors (Lipinski definition) is 0. The Kier molecular flexibility index (Phi) is 3.59. The van der Waals surface area contributed by atoms with E-state index in [9.17, 15) is 9.59 Å². The fourth-order valence-corrected chi connectivity index (χ4v) is 6.56. The molecule has 0 N–H and O–H groups in total. The highest BCUT2D eigenvalue weighted by molar-refractivity contribution is 6.13. The second-order valence-corrected chi connectivity index (χ2v) is 9.00. The molecule has 0 saturated heterocycles. The van der Waals surface area contributed by atoms with Gasteiger partial charge >= 0.3 is 0 Å². The summed E-state index contributed by atoms with van der Waals surface area (Å²) in [7, 11) is 0. The lowest BCUT2D eigenvalue weighted by atomic mass is 9.50. The predicted octanol–water partition coefficient (Wildman–Crippen LogP) is 4.19. The van der Waals surface area contributed by atoms with E-state index in [2.05, 4.69) is 24.3 Å². The van der Waals surface area contributed by atoms with E-state index in [1.807, 2.05) is 57.2 Å². The average Bonchev–Trinajstić information content (AvgIpc) is 3.30. The van der Waals surface area contributed by atoms with Crippen LogP contribution in [0.2, 0.25) is 0 Å². The fraction of sp³-hybridized carbons (Fsp3) is 0.440. The third-order valence-electron chi connectivity index (χ3n) is 7.89. The SMILES string of the molecule is CCO[C@H]1C[C@]2(C)C(=O)[C@H]3C(c4ccccc4)(c4ccccc4)[C@@]3(C)C(=O)[C@H]12. The number of benzene rings is 2. The zero-order valence-corrected chi connectivity index (χ0v) is 16.6. The third-order valence-corrected chi connectivity index (χ3v) is 7.89. The van der Waals surface area contributed by atoms with Gasteiger partial charge in [-0.25, -0.2) is 0 Å². The highest BCUT2D eigenvalue weighted by Crippen LogP contribution is 2.80. The van der Waals surface area contributed by atoms with Gasteiger partial charge in [-0.05, 0) is 24.5 Å². The van der Waals surface area contributed by atoms with Gasteiger partial charge in [0.2, 0.25) is 0 Å². The van der Waals surface area contributed by atoms with E-state index in [-0.39, 0.29) is 29.5 Å². The van der Waals surface area contributed by atoms with Crippen LogP contribution in [0.5, 0.6) is 0 Å². The monoisotopic (exact) mass is 374 g/mol. The van der Waals surface area contributed by atoms with Crippen molar-refractivity contribution in [2.24, 2.45) is 22.7 Å². The van der Waals surface area contributed by atoms with Gasteiger partial charge in [-0.15, -0.1) is 0 Å². The van der Waals surface area contributed by atoms with Gasteiger partial charge in [-0.3, -0.25) is 9.59 Å². The van der Waals surface area contributed by atoms with Crippen LogP contribution < -0.4 is 0 Å². The second-order valence-electron chi connectivity index (χ2n) is 9.00. The van der Waals surface area contributed by atoms with Crippen LogP contribution in [0.15, 0.2) is 60.7 Å². The van der Waals surface area contributed by atoms with Crippen molar-refractivity contribution in [1.29, 1.82) is 0 Å². The summed E-state index contributed by atoms with van der Waals surface area (Å²) in [6.45, 7) is 6.51. The molecular formula is C25H26O3. The van der Waals surface area contributed by atoms with Crippen molar-refractivity contribution in [3.8, 4) is 0 Å². The standard InChI is InChI=1S/C25H26O3/c1-4-28-18-15-23(2)19(18)21(26)24(3)20(22(23)27)25(24,16-11-7-5-8-12-16)17-13-9-6-10-14-17/h5-14,18-20H,4,15H2,1-3H3/t18-,19-,20+,23-,24+/m0/s1. The summed E-state index contributed by atoms with van der Waals surface area (Å²) in [6, 6.07) is 20.3. The van der Waals surface area contributed by atoms with Crippen LogP contribution in [0, 0.1) is 22.7 Å². The summed E-state index contributed by atoms with van der Waals surface area (Å²) in [5.41, 5.74) is 0.237. The van der Waals surface area contributed by atoms with Crippen LogP contribution in [0.4, 0.5) is 0 Å². The number of ketones is 2. The lowest BCUT2D eigenvalue weighted by Gasteiger charge is -2.54. The number of carbonyl (C=O) groups excluding carboxylic acids is 2. The first-order valence-corrected chi connectivity index (χ1v) is 10.2. The maximum absolute atomic E-state index is 13.9. The molecule has 144 valence electrons. The molecule has 3 heteroatoms. The third kappa shape index (κ3) is 1.79. The molecule has 3 aliphatic rings.